The maximum absolute atomic E-state index is 13.7. The number of hydrogen-bond donors (Lipinski definition) is 2. The van der Waals surface area contributed by atoms with Gasteiger partial charge in [-0.2, -0.15) is 13.2 Å². The van der Waals surface area contributed by atoms with Crippen LogP contribution in [-0.4, -0.2) is 40.2 Å². The zero-order valence-corrected chi connectivity index (χ0v) is 19.6. The predicted molar refractivity (Wildman–Crippen MR) is 121 cm³/mol. The molecule has 2 N–H and O–H groups in total. The standard InChI is InChI=1S/C22H25F3N4OS2/c1-13(2)10-29-12-28(3)11-15-18(32-21-26-8-9-27-21)19(31-20(15)29)17(30)14-6-4-5-7-16(14)22(23,24)25/h4-9,13,17,30H,10-12H2,1-3H3,(H,26,27). The number of imidazole rings is 1. The maximum atomic E-state index is 13.7. The summed E-state index contributed by atoms with van der Waals surface area (Å²) in [7, 11) is 2.02. The first kappa shape index (κ1) is 23.2. The number of nitrogens with one attached hydrogen (secondary N) is 1. The molecule has 5 nitrogen and oxygen atoms in total. The van der Waals surface area contributed by atoms with E-state index in [0.29, 0.717) is 22.5 Å². The molecule has 32 heavy (non-hydrogen) atoms. The summed E-state index contributed by atoms with van der Waals surface area (Å²) in [4.78, 5) is 13.0. The van der Waals surface area contributed by atoms with Crippen LogP contribution in [0, 0.1) is 5.92 Å². The molecule has 2 aromatic heterocycles. The van der Waals surface area contributed by atoms with E-state index in [4.69, 9.17) is 0 Å². The van der Waals surface area contributed by atoms with Gasteiger partial charge >= 0.3 is 6.18 Å². The number of hydrogen-bond acceptors (Lipinski definition) is 6. The van der Waals surface area contributed by atoms with Gasteiger partial charge in [0.05, 0.1) is 22.1 Å². The van der Waals surface area contributed by atoms with Gasteiger partial charge in [0.15, 0.2) is 5.16 Å². The number of aromatic nitrogens is 2. The number of thiophene rings is 1. The smallest absolute Gasteiger partial charge is 0.383 e. The lowest BCUT2D eigenvalue weighted by molar-refractivity contribution is -0.139. The van der Waals surface area contributed by atoms with Crippen molar-refractivity contribution in [1.29, 1.82) is 0 Å². The first-order chi connectivity index (χ1) is 15.1. The number of fused-ring (bicyclic) bond motifs is 1. The Kier molecular flexibility index (Phi) is 6.58. The Labute approximate surface area is 193 Å². The Bertz CT molecular complexity index is 1070. The summed E-state index contributed by atoms with van der Waals surface area (Å²) in [6, 6.07) is 5.24. The van der Waals surface area contributed by atoms with Crippen LogP contribution in [0.1, 0.15) is 41.5 Å². The molecule has 0 saturated carbocycles. The van der Waals surface area contributed by atoms with E-state index in [0.717, 1.165) is 34.7 Å². The summed E-state index contributed by atoms with van der Waals surface area (Å²) in [6.45, 7) is 6.46. The molecule has 1 aliphatic rings. The van der Waals surface area contributed by atoms with Crippen molar-refractivity contribution in [1.82, 2.24) is 14.9 Å². The summed E-state index contributed by atoms with van der Waals surface area (Å²) >= 11 is 2.73. The average molecular weight is 483 g/mol. The molecule has 0 saturated heterocycles. The predicted octanol–water partition coefficient (Wildman–Crippen LogP) is 5.59. The van der Waals surface area contributed by atoms with Gasteiger partial charge in [-0.05, 0) is 24.6 Å². The summed E-state index contributed by atoms with van der Waals surface area (Å²) in [6.07, 6.45) is -2.61. The molecule has 3 heterocycles. The van der Waals surface area contributed by atoms with Crippen LogP contribution in [0.15, 0.2) is 46.7 Å². The van der Waals surface area contributed by atoms with Crippen LogP contribution >= 0.6 is 23.1 Å². The molecule has 1 atom stereocenters. The normalized spacial score (nSPS) is 15.9. The molecule has 10 heteroatoms. The largest absolute Gasteiger partial charge is 0.416 e. The van der Waals surface area contributed by atoms with Gasteiger partial charge in [-0.25, -0.2) is 4.98 Å². The Hall–Kier alpha value is -2.01. The third-order valence-corrected chi connectivity index (χ3v) is 7.72. The molecule has 1 aliphatic heterocycles. The molecule has 0 spiro atoms. The van der Waals surface area contributed by atoms with Crippen LogP contribution in [0.2, 0.25) is 0 Å². The summed E-state index contributed by atoms with van der Waals surface area (Å²) < 4.78 is 41.0. The molecule has 3 aromatic rings. The van der Waals surface area contributed by atoms with E-state index in [1.165, 1.54) is 41.3 Å². The van der Waals surface area contributed by atoms with Crippen LogP contribution in [0.4, 0.5) is 18.2 Å². The van der Waals surface area contributed by atoms with E-state index in [-0.39, 0.29) is 5.56 Å². The van der Waals surface area contributed by atoms with Crippen molar-refractivity contribution < 1.29 is 18.3 Å². The fourth-order valence-electron chi connectivity index (χ4n) is 3.94. The van der Waals surface area contributed by atoms with Gasteiger partial charge in [0.1, 0.15) is 6.10 Å². The van der Waals surface area contributed by atoms with Crippen LogP contribution in [0.25, 0.3) is 0 Å². The van der Waals surface area contributed by atoms with Crippen molar-refractivity contribution in [3.8, 4) is 0 Å². The van der Waals surface area contributed by atoms with Gasteiger partial charge in [0.2, 0.25) is 0 Å². The Morgan fingerprint density at radius 3 is 2.69 bits per heavy atom. The molecule has 0 fully saturated rings. The third kappa shape index (κ3) is 4.68. The summed E-state index contributed by atoms with van der Waals surface area (Å²) in [5, 5.41) is 12.9. The molecule has 172 valence electrons. The van der Waals surface area contributed by atoms with Crippen molar-refractivity contribution >= 4 is 28.1 Å². The lowest BCUT2D eigenvalue weighted by Gasteiger charge is -2.35. The van der Waals surface area contributed by atoms with E-state index in [2.05, 4.69) is 33.6 Å². The van der Waals surface area contributed by atoms with E-state index in [1.54, 1.807) is 12.4 Å². The second-order valence-electron chi connectivity index (χ2n) is 8.33. The average Bonchev–Trinajstić information content (AvgIpc) is 3.35. The van der Waals surface area contributed by atoms with E-state index < -0.39 is 17.8 Å². The third-order valence-electron chi connectivity index (χ3n) is 5.16. The molecule has 0 aliphatic carbocycles. The first-order valence-corrected chi connectivity index (χ1v) is 11.9. The molecule has 0 bridgehead atoms. The summed E-state index contributed by atoms with van der Waals surface area (Å²) in [5.74, 6) is 0.414. The zero-order valence-electron chi connectivity index (χ0n) is 18.0. The number of H-pyrrole nitrogens is 1. The van der Waals surface area contributed by atoms with Gasteiger partial charge in [-0.15, -0.1) is 11.3 Å². The Balaban J connectivity index is 1.85. The topological polar surface area (TPSA) is 55.4 Å². The number of aliphatic hydroxyl groups is 1. The van der Waals surface area contributed by atoms with Crippen LogP contribution < -0.4 is 4.90 Å². The van der Waals surface area contributed by atoms with Gasteiger partial charge in [0, 0.05) is 35.9 Å². The number of rotatable bonds is 6. The Morgan fingerprint density at radius 1 is 1.28 bits per heavy atom. The van der Waals surface area contributed by atoms with Crippen LogP contribution in [0.5, 0.6) is 0 Å². The number of anilines is 1. The van der Waals surface area contributed by atoms with Crippen molar-refractivity contribution in [2.45, 2.75) is 42.7 Å². The highest BCUT2D eigenvalue weighted by atomic mass is 32.2. The van der Waals surface area contributed by atoms with Crippen LogP contribution in [-0.2, 0) is 12.7 Å². The molecule has 0 radical (unpaired) electrons. The van der Waals surface area contributed by atoms with Gasteiger partial charge < -0.3 is 15.0 Å². The van der Waals surface area contributed by atoms with Crippen molar-refractivity contribution in [3.05, 3.63) is 58.2 Å². The minimum Gasteiger partial charge on any atom is -0.383 e. The minimum atomic E-state index is -4.55. The SMILES string of the molecule is CC(C)CN1CN(C)Cc2c1sc(C(O)c1ccccc1C(F)(F)F)c2Sc1ncc[nH]1. The van der Waals surface area contributed by atoms with Crippen molar-refractivity contribution in [2.75, 3.05) is 25.2 Å². The molecule has 1 unspecified atom stereocenters. The Morgan fingerprint density at radius 2 is 2.03 bits per heavy atom. The highest BCUT2D eigenvalue weighted by Gasteiger charge is 2.37. The van der Waals surface area contributed by atoms with Gasteiger partial charge in [0.25, 0.3) is 0 Å². The van der Waals surface area contributed by atoms with E-state index >= 15 is 0 Å². The monoisotopic (exact) mass is 482 g/mol. The molecular formula is C22H25F3N4OS2. The quantitative estimate of drug-likeness (QED) is 0.480. The number of nitrogens with zero attached hydrogens (tertiary/aromatic N) is 3. The lowest BCUT2D eigenvalue weighted by Crippen LogP contribution is -2.41. The van der Waals surface area contributed by atoms with Gasteiger partial charge in [-0.3, -0.25) is 4.90 Å². The fourth-order valence-corrected chi connectivity index (χ4v) is 6.40. The number of aromatic amines is 1. The summed E-state index contributed by atoms with van der Waals surface area (Å²) in [5.41, 5.74) is 0.0666. The number of benzene rings is 1. The first-order valence-electron chi connectivity index (χ1n) is 10.3. The zero-order chi connectivity index (χ0) is 23.0. The highest BCUT2D eigenvalue weighted by Crippen LogP contribution is 2.50. The molecule has 1 aromatic carbocycles. The lowest BCUT2D eigenvalue weighted by atomic mass is 10.0. The second-order valence-corrected chi connectivity index (χ2v) is 10.4. The molecule has 0 amide bonds. The number of aliphatic hydroxyl groups excluding tert-OH is 1. The second kappa shape index (κ2) is 9.09. The van der Waals surface area contributed by atoms with E-state index in [9.17, 15) is 18.3 Å². The molecule has 4 rings (SSSR count). The maximum Gasteiger partial charge on any atom is 0.416 e. The van der Waals surface area contributed by atoms with E-state index in [1.807, 2.05) is 7.05 Å². The fraction of sp³-hybridized carbons (Fsp3) is 0.409. The van der Waals surface area contributed by atoms with Crippen molar-refractivity contribution in [3.63, 3.8) is 0 Å². The van der Waals surface area contributed by atoms with Gasteiger partial charge in [-0.1, -0.05) is 43.8 Å². The molecular weight excluding hydrogens is 457 g/mol. The van der Waals surface area contributed by atoms with Crippen molar-refractivity contribution in [2.24, 2.45) is 5.92 Å². The highest BCUT2D eigenvalue weighted by molar-refractivity contribution is 7.99. The minimum absolute atomic E-state index is 0.136. The van der Waals surface area contributed by atoms with Crippen LogP contribution in [0.3, 0.4) is 0 Å². The number of alkyl halides is 3. The number of halogens is 3.